The van der Waals surface area contributed by atoms with Crippen molar-refractivity contribution in [1.29, 1.82) is 0 Å². The molecule has 21 heavy (non-hydrogen) atoms. The van der Waals surface area contributed by atoms with Crippen molar-refractivity contribution in [3.05, 3.63) is 0 Å². The van der Waals surface area contributed by atoms with Crippen LogP contribution in [0.3, 0.4) is 0 Å². The monoisotopic (exact) mass is 296 g/mol. The molecule has 0 radical (unpaired) electrons. The predicted octanol–water partition coefficient (Wildman–Crippen LogP) is 1.63. The summed E-state index contributed by atoms with van der Waals surface area (Å²) < 4.78 is 22.7. The second-order valence-electron chi connectivity index (χ2n) is 6.47. The average Bonchev–Trinajstić information content (AvgIpc) is 3.17. The normalized spacial score (nSPS) is 35.9. The highest BCUT2D eigenvalue weighted by Gasteiger charge is 2.44. The lowest BCUT2D eigenvalue weighted by Crippen LogP contribution is -2.37. The molecule has 0 saturated carbocycles. The molecule has 0 spiro atoms. The average molecular weight is 296 g/mol. The molecular weight excluding hydrogens is 272 g/mol. The molecule has 3 rings (SSSR count). The minimum atomic E-state index is -0.335. The maximum absolute atomic E-state index is 5.71. The van der Waals surface area contributed by atoms with Crippen LogP contribution in [0, 0.1) is 11.8 Å². The summed E-state index contributed by atoms with van der Waals surface area (Å²) in [6.07, 6.45) is -0.670. The van der Waals surface area contributed by atoms with Crippen LogP contribution in [-0.2, 0) is 18.9 Å². The van der Waals surface area contributed by atoms with Crippen molar-refractivity contribution < 1.29 is 18.9 Å². The third-order valence-corrected chi connectivity index (χ3v) is 4.19. The van der Waals surface area contributed by atoms with Gasteiger partial charge in [0, 0.05) is 0 Å². The van der Waals surface area contributed by atoms with Gasteiger partial charge in [0.15, 0.2) is 12.2 Å². The molecule has 6 nitrogen and oxygen atoms in total. The van der Waals surface area contributed by atoms with Crippen LogP contribution in [0.2, 0.25) is 0 Å². The van der Waals surface area contributed by atoms with Gasteiger partial charge in [-0.25, -0.2) is 9.98 Å². The summed E-state index contributed by atoms with van der Waals surface area (Å²) >= 11 is 0. The maximum atomic E-state index is 5.71. The summed E-state index contributed by atoms with van der Waals surface area (Å²) in [6.45, 7) is 10.0. The Labute approximate surface area is 125 Å². The lowest BCUT2D eigenvalue weighted by atomic mass is 10.1. The lowest BCUT2D eigenvalue weighted by Gasteiger charge is -2.15. The highest BCUT2D eigenvalue weighted by atomic mass is 16.7. The first-order valence-electron chi connectivity index (χ1n) is 7.70. The van der Waals surface area contributed by atoms with Crippen LogP contribution < -0.4 is 0 Å². The van der Waals surface area contributed by atoms with E-state index in [1.54, 1.807) is 0 Å². The first kappa shape index (κ1) is 14.8. The number of hydrogen-bond donors (Lipinski definition) is 0. The zero-order chi connectivity index (χ0) is 15.0. The maximum Gasteiger partial charge on any atom is 0.217 e. The molecule has 0 aliphatic carbocycles. The molecule has 0 unspecified atom stereocenters. The zero-order valence-electron chi connectivity index (χ0n) is 13.1. The molecule has 3 aliphatic rings. The quantitative estimate of drug-likeness (QED) is 0.791. The number of hydrogen-bond acceptors (Lipinski definition) is 6. The Kier molecular flexibility index (Phi) is 4.17. The Hall–Kier alpha value is -1.14. The highest BCUT2D eigenvalue weighted by molar-refractivity contribution is 5.92. The summed E-state index contributed by atoms with van der Waals surface area (Å²) in [7, 11) is 0. The van der Waals surface area contributed by atoms with E-state index >= 15 is 0 Å². The second-order valence-corrected chi connectivity index (χ2v) is 6.47. The van der Waals surface area contributed by atoms with Gasteiger partial charge in [0.2, 0.25) is 11.8 Å². The van der Waals surface area contributed by atoms with Gasteiger partial charge in [0.25, 0.3) is 0 Å². The summed E-state index contributed by atoms with van der Waals surface area (Å²) in [5.41, 5.74) is 0. The Morgan fingerprint density at radius 2 is 1.24 bits per heavy atom. The van der Waals surface area contributed by atoms with Crippen LogP contribution in [0.5, 0.6) is 0 Å². The Bertz CT molecular complexity index is 407. The van der Waals surface area contributed by atoms with E-state index in [1.165, 1.54) is 0 Å². The molecule has 0 aromatic heterocycles. The van der Waals surface area contributed by atoms with Crippen LogP contribution in [0.4, 0.5) is 0 Å². The minimum absolute atomic E-state index is 0.194. The first-order valence-corrected chi connectivity index (χ1v) is 7.70. The van der Waals surface area contributed by atoms with Crippen LogP contribution in [0.25, 0.3) is 0 Å². The van der Waals surface area contributed by atoms with Gasteiger partial charge in [-0.15, -0.1) is 0 Å². The van der Waals surface area contributed by atoms with Crippen LogP contribution >= 0.6 is 0 Å². The van der Waals surface area contributed by atoms with Gasteiger partial charge >= 0.3 is 0 Å². The first-order chi connectivity index (χ1) is 10.1. The molecule has 0 amide bonds. The second kappa shape index (κ2) is 5.93. The molecule has 1 saturated heterocycles. The summed E-state index contributed by atoms with van der Waals surface area (Å²) in [4.78, 5) is 9.25. The van der Waals surface area contributed by atoms with E-state index in [1.807, 2.05) is 0 Å². The highest BCUT2D eigenvalue weighted by Crippen LogP contribution is 2.26. The molecular formula is C15H24N2O4. The molecule has 4 atom stereocenters. The van der Waals surface area contributed by atoms with Gasteiger partial charge in [-0.2, -0.15) is 0 Å². The summed E-state index contributed by atoms with van der Waals surface area (Å²) in [6, 6.07) is 0.388. The van der Waals surface area contributed by atoms with Crippen molar-refractivity contribution in [1.82, 2.24) is 0 Å². The van der Waals surface area contributed by atoms with E-state index in [-0.39, 0.29) is 31.1 Å². The van der Waals surface area contributed by atoms with Gasteiger partial charge < -0.3 is 18.9 Å². The van der Waals surface area contributed by atoms with Crippen molar-refractivity contribution in [3.63, 3.8) is 0 Å². The Morgan fingerprint density at radius 1 is 0.810 bits per heavy atom. The molecule has 6 heteroatoms. The van der Waals surface area contributed by atoms with Crippen molar-refractivity contribution >= 4 is 11.8 Å². The van der Waals surface area contributed by atoms with E-state index in [0.29, 0.717) is 36.8 Å². The zero-order valence-corrected chi connectivity index (χ0v) is 13.1. The van der Waals surface area contributed by atoms with Crippen molar-refractivity contribution in [2.24, 2.45) is 21.8 Å². The molecule has 3 aliphatic heterocycles. The van der Waals surface area contributed by atoms with E-state index < -0.39 is 0 Å². The number of nitrogens with zero attached hydrogens (tertiary/aromatic N) is 2. The van der Waals surface area contributed by atoms with Crippen LogP contribution in [-0.4, -0.2) is 56.1 Å². The van der Waals surface area contributed by atoms with Crippen LogP contribution in [0.1, 0.15) is 27.7 Å². The molecule has 0 bridgehead atoms. The minimum Gasteiger partial charge on any atom is -0.477 e. The smallest absolute Gasteiger partial charge is 0.217 e. The molecule has 0 aromatic rings. The van der Waals surface area contributed by atoms with Crippen LogP contribution in [0.15, 0.2) is 9.98 Å². The van der Waals surface area contributed by atoms with Crippen molar-refractivity contribution in [2.45, 2.75) is 52.0 Å². The summed E-state index contributed by atoms with van der Waals surface area (Å²) in [5, 5.41) is 0. The topological polar surface area (TPSA) is 61.6 Å². The third-order valence-electron chi connectivity index (χ3n) is 4.19. The Morgan fingerprint density at radius 3 is 1.57 bits per heavy atom. The molecule has 0 N–H and O–H groups in total. The predicted molar refractivity (Wildman–Crippen MR) is 78.6 cm³/mol. The van der Waals surface area contributed by atoms with Gasteiger partial charge in [-0.05, 0) is 11.8 Å². The molecule has 1 fully saturated rings. The van der Waals surface area contributed by atoms with Gasteiger partial charge in [-0.1, -0.05) is 27.7 Å². The number of ether oxygens (including phenoxy) is 4. The largest absolute Gasteiger partial charge is 0.477 e. The lowest BCUT2D eigenvalue weighted by molar-refractivity contribution is 0.0492. The fraction of sp³-hybridized carbons (Fsp3) is 0.867. The third kappa shape index (κ3) is 2.92. The molecule has 3 heterocycles. The SMILES string of the molecule is CC(C)[C@H]1COC([C@@H]2OCO[C@H]2C2=N[C@@H](C(C)C)CO2)=N1. The van der Waals surface area contributed by atoms with E-state index in [2.05, 4.69) is 37.7 Å². The fourth-order valence-electron chi connectivity index (χ4n) is 2.57. The number of rotatable bonds is 4. The van der Waals surface area contributed by atoms with E-state index in [9.17, 15) is 0 Å². The van der Waals surface area contributed by atoms with Crippen molar-refractivity contribution in [3.8, 4) is 0 Å². The van der Waals surface area contributed by atoms with Gasteiger partial charge in [0.1, 0.15) is 20.0 Å². The number of aliphatic imine (C=N–C) groups is 2. The van der Waals surface area contributed by atoms with E-state index in [0.717, 1.165) is 0 Å². The molecule has 0 aromatic carbocycles. The fourth-order valence-corrected chi connectivity index (χ4v) is 2.57. The Balaban J connectivity index is 1.72. The summed E-state index contributed by atoms with van der Waals surface area (Å²) in [5.74, 6) is 2.15. The molecule has 118 valence electrons. The van der Waals surface area contributed by atoms with Crippen molar-refractivity contribution in [2.75, 3.05) is 20.0 Å². The standard InChI is InChI=1S/C15H24N2O4/c1-8(2)10-5-18-14(16-10)12-13(21-7-20-12)15-17-11(6-19-15)9(3)4/h8-13H,5-7H2,1-4H3/t10-,11-,12-,13-/m1/s1. The van der Waals surface area contributed by atoms with E-state index in [4.69, 9.17) is 18.9 Å². The van der Waals surface area contributed by atoms with Gasteiger partial charge in [-0.3, -0.25) is 0 Å². The van der Waals surface area contributed by atoms with Gasteiger partial charge in [0.05, 0.1) is 12.1 Å².